The van der Waals surface area contributed by atoms with E-state index in [1.165, 1.54) is 30.4 Å². The topological polar surface area (TPSA) is 32.3 Å². The van der Waals surface area contributed by atoms with Crippen LogP contribution in [0, 0.1) is 5.92 Å². The summed E-state index contributed by atoms with van der Waals surface area (Å²) in [6, 6.07) is 6.85. The number of hydrogen-bond donors (Lipinski definition) is 2. The van der Waals surface area contributed by atoms with Crippen LogP contribution in [0.15, 0.2) is 18.2 Å². The minimum Gasteiger partial charge on any atom is -0.508 e. The van der Waals surface area contributed by atoms with Gasteiger partial charge < -0.3 is 10.4 Å². The fourth-order valence-electron chi connectivity index (χ4n) is 3.04. The third-order valence-corrected chi connectivity index (χ3v) is 4.11. The number of phenols is 1. The van der Waals surface area contributed by atoms with E-state index in [1.54, 1.807) is 0 Å². The molecule has 0 amide bonds. The van der Waals surface area contributed by atoms with Crippen LogP contribution >= 0.6 is 0 Å². The molecular weight excluding hydrogens is 234 g/mol. The van der Waals surface area contributed by atoms with Gasteiger partial charge in [-0.25, -0.2) is 0 Å². The lowest BCUT2D eigenvalue weighted by molar-refractivity contribution is 0.409. The van der Waals surface area contributed by atoms with Gasteiger partial charge in [-0.15, -0.1) is 0 Å². The summed E-state index contributed by atoms with van der Waals surface area (Å²) in [5, 5.41) is 13.3. The van der Waals surface area contributed by atoms with Crippen molar-refractivity contribution in [3.63, 3.8) is 0 Å². The van der Waals surface area contributed by atoms with Crippen LogP contribution in [-0.2, 0) is 6.42 Å². The van der Waals surface area contributed by atoms with Crippen molar-refractivity contribution in [2.45, 2.75) is 65.0 Å². The van der Waals surface area contributed by atoms with E-state index in [2.05, 4.69) is 32.2 Å². The monoisotopic (exact) mass is 261 g/mol. The Hall–Kier alpha value is -1.02. The van der Waals surface area contributed by atoms with Gasteiger partial charge in [0.05, 0.1) is 0 Å². The lowest BCUT2D eigenvalue weighted by Gasteiger charge is -2.20. The minimum atomic E-state index is 0.393. The van der Waals surface area contributed by atoms with Crippen LogP contribution in [0.4, 0.5) is 0 Å². The van der Waals surface area contributed by atoms with Crippen molar-refractivity contribution in [3.05, 3.63) is 29.3 Å². The molecule has 1 aliphatic rings. The third-order valence-electron chi connectivity index (χ3n) is 4.11. The molecule has 2 atom stereocenters. The Morgan fingerprint density at radius 3 is 2.79 bits per heavy atom. The Kier molecular flexibility index (Phi) is 4.87. The standard InChI is InChI=1S/C17H27NO/c1-12(2)5-4-6-13(3)18-17-10-7-14-11-15(19)8-9-16(14)17/h8-9,11-13,17-19H,4-7,10H2,1-3H3. The fraction of sp³-hybridized carbons (Fsp3) is 0.647. The summed E-state index contributed by atoms with van der Waals surface area (Å²) in [5.74, 6) is 1.20. The zero-order valence-electron chi connectivity index (χ0n) is 12.4. The molecule has 0 aromatic heterocycles. The predicted octanol–water partition coefficient (Wildman–Crippen LogP) is 4.18. The average Bonchev–Trinajstić information content (AvgIpc) is 2.71. The molecule has 0 spiro atoms. The molecule has 0 saturated carbocycles. The van der Waals surface area contributed by atoms with Crippen molar-refractivity contribution in [2.24, 2.45) is 5.92 Å². The highest BCUT2D eigenvalue weighted by Crippen LogP contribution is 2.33. The van der Waals surface area contributed by atoms with Gasteiger partial charge in [0.15, 0.2) is 0 Å². The van der Waals surface area contributed by atoms with Crippen LogP contribution in [0.25, 0.3) is 0 Å². The normalized spacial score (nSPS) is 19.7. The Labute approximate surface area is 117 Å². The molecule has 1 aromatic rings. The van der Waals surface area contributed by atoms with E-state index >= 15 is 0 Å². The summed E-state index contributed by atoms with van der Waals surface area (Å²) in [4.78, 5) is 0. The summed E-state index contributed by atoms with van der Waals surface area (Å²) in [6.07, 6.45) is 6.12. The molecule has 1 aromatic carbocycles. The highest BCUT2D eigenvalue weighted by molar-refractivity contribution is 5.40. The molecule has 2 N–H and O–H groups in total. The van der Waals surface area contributed by atoms with Crippen LogP contribution in [-0.4, -0.2) is 11.1 Å². The Bertz CT molecular complexity index is 414. The first-order valence-corrected chi connectivity index (χ1v) is 7.64. The van der Waals surface area contributed by atoms with Gasteiger partial charge >= 0.3 is 0 Å². The molecular formula is C17H27NO. The van der Waals surface area contributed by atoms with Crippen molar-refractivity contribution in [1.82, 2.24) is 5.32 Å². The first-order valence-electron chi connectivity index (χ1n) is 7.64. The molecule has 106 valence electrons. The highest BCUT2D eigenvalue weighted by Gasteiger charge is 2.23. The number of fused-ring (bicyclic) bond motifs is 1. The molecule has 0 heterocycles. The maximum absolute atomic E-state index is 9.51. The van der Waals surface area contributed by atoms with E-state index in [-0.39, 0.29) is 0 Å². The van der Waals surface area contributed by atoms with Gasteiger partial charge in [-0.2, -0.15) is 0 Å². The largest absolute Gasteiger partial charge is 0.508 e. The molecule has 19 heavy (non-hydrogen) atoms. The maximum Gasteiger partial charge on any atom is 0.115 e. The third kappa shape index (κ3) is 3.97. The zero-order chi connectivity index (χ0) is 13.8. The lowest BCUT2D eigenvalue weighted by atomic mass is 10.0. The van der Waals surface area contributed by atoms with Crippen LogP contribution in [0.3, 0.4) is 0 Å². The molecule has 0 saturated heterocycles. The van der Waals surface area contributed by atoms with E-state index in [1.807, 2.05) is 12.1 Å². The van der Waals surface area contributed by atoms with Crippen LogP contribution < -0.4 is 5.32 Å². The summed E-state index contributed by atoms with van der Waals surface area (Å²) >= 11 is 0. The summed E-state index contributed by atoms with van der Waals surface area (Å²) < 4.78 is 0. The van der Waals surface area contributed by atoms with Gasteiger partial charge in [0, 0.05) is 12.1 Å². The van der Waals surface area contributed by atoms with E-state index < -0.39 is 0 Å². The molecule has 0 bridgehead atoms. The van der Waals surface area contributed by atoms with Gasteiger partial charge in [0.1, 0.15) is 5.75 Å². The van der Waals surface area contributed by atoms with Crippen molar-refractivity contribution in [2.75, 3.05) is 0 Å². The average molecular weight is 261 g/mol. The second-order valence-corrected chi connectivity index (χ2v) is 6.37. The first kappa shape index (κ1) is 14.4. The maximum atomic E-state index is 9.51. The Morgan fingerprint density at radius 2 is 2.05 bits per heavy atom. The molecule has 0 radical (unpaired) electrons. The number of aromatic hydroxyl groups is 1. The van der Waals surface area contributed by atoms with E-state index in [0.717, 1.165) is 18.8 Å². The van der Waals surface area contributed by atoms with Crippen LogP contribution in [0.1, 0.15) is 63.6 Å². The number of benzene rings is 1. The number of hydrogen-bond acceptors (Lipinski definition) is 2. The molecule has 0 aliphatic heterocycles. The second kappa shape index (κ2) is 6.42. The zero-order valence-corrected chi connectivity index (χ0v) is 12.4. The van der Waals surface area contributed by atoms with E-state index in [4.69, 9.17) is 0 Å². The highest BCUT2D eigenvalue weighted by atomic mass is 16.3. The van der Waals surface area contributed by atoms with E-state index in [0.29, 0.717) is 17.8 Å². The first-order chi connectivity index (χ1) is 9.06. The molecule has 2 rings (SSSR count). The Morgan fingerprint density at radius 1 is 1.26 bits per heavy atom. The Balaban J connectivity index is 1.85. The van der Waals surface area contributed by atoms with Crippen LogP contribution in [0.2, 0.25) is 0 Å². The van der Waals surface area contributed by atoms with Crippen molar-refractivity contribution >= 4 is 0 Å². The summed E-state index contributed by atoms with van der Waals surface area (Å²) in [7, 11) is 0. The number of rotatable bonds is 6. The summed E-state index contributed by atoms with van der Waals surface area (Å²) in [5.41, 5.74) is 2.69. The van der Waals surface area contributed by atoms with Gasteiger partial charge in [-0.1, -0.05) is 32.8 Å². The van der Waals surface area contributed by atoms with Gasteiger partial charge in [0.25, 0.3) is 0 Å². The molecule has 2 heteroatoms. The molecule has 2 unspecified atom stereocenters. The smallest absolute Gasteiger partial charge is 0.115 e. The minimum absolute atomic E-state index is 0.393. The molecule has 0 fully saturated rings. The number of nitrogens with one attached hydrogen (secondary N) is 1. The van der Waals surface area contributed by atoms with Gasteiger partial charge in [-0.05, 0) is 55.4 Å². The predicted molar refractivity (Wildman–Crippen MR) is 80.5 cm³/mol. The van der Waals surface area contributed by atoms with Crippen molar-refractivity contribution in [3.8, 4) is 5.75 Å². The second-order valence-electron chi connectivity index (χ2n) is 6.37. The lowest BCUT2D eigenvalue weighted by Crippen LogP contribution is -2.29. The van der Waals surface area contributed by atoms with Gasteiger partial charge in [0.2, 0.25) is 0 Å². The fourth-order valence-corrected chi connectivity index (χ4v) is 3.04. The number of aryl methyl sites for hydroxylation is 1. The SMILES string of the molecule is CC(C)CCCC(C)NC1CCc2cc(O)ccc21. The van der Waals surface area contributed by atoms with E-state index in [9.17, 15) is 5.11 Å². The summed E-state index contributed by atoms with van der Waals surface area (Å²) in [6.45, 7) is 6.87. The van der Waals surface area contributed by atoms with Crippen LogP contribution in [0.5, 0.6) is 5.75 Å². The molecule has 2 nitrogen and oxygen atoms in total. The van der Waals surface area contributed by atoms with Crippen molar-refractivity contribution < 1.29 is 5.11 Å². The quantitative estimate of drug-likeness (QED) is 0.805. The van der Waals surface area contributed by atoms with Gasteiger partial charge in [-0.3, -0.25) is 0 Å². The molecule has 1 aliphatic carbocycles. The van der Waals surface area contributed by atoms with Crippen molar-refractivity contribution in [1.29, 1.82) is 0 Å². The number of phenolic OH excluding ortho intramolecular Hbond substituents is 1.